The van der Waals surface area contributed by atoms with Gasteiger partial charge in [-0.25, -0.2) is 9.50 Å². The normalized spacial score (nSPS) is 32.4. The van der Waals surface area contributed by atoms with Gasteiger partial charge in [0, 0.05) is 42.9 Å². The molecule has 2 N–H and O–H groups in total. The number of fused-ring (bicyclic) bond motifs is 2. The molecule has 2 aromatic rings. The number of hydrogen-bond acceptors (Lipinski definition) is 5. The molecule has 4 aliphatic rings. The molecule has 0 bridgehead atoms. The van der Waals surface area contributed by atoms with Crippen LogP contribution >= 0.6 is 0 Å². The van der Waals surface area contributed by atoms with Crippen LogP contribution < -0.4 is 10.6 Å². The Morgan fingerprint density at radius 3 is 2.59 bits per heavy atom. The second-order valence-corrected chi connectivity index (χ2v) is 13.5. The summed E-state index contributed by atoms with van der Waals surface area (Å²) < 4.78 is 1.93. The van der Waals surface area contributed by atoms with Gasteiger partial charge in [-0.15, -0.1) is 0 Å². The molecule has 5 unspecified atom stereocenters. The van der Waals surface area contributed by atoms with Crippen LogP contribution in [0.1, 0.15) is 121 Å². The molecular formula is C32H50N6O. The summed E-state index contributed by atoms with van der Waals surface area (Å²) in [5.41, 5.74) is 10.3. The van der Waals surface area contributed by atoms with E-state index in [1.54, 1.807) is 0 Å². The van der Waals surface area contributed by atoms with Crippen molar-refractivity contribution < 1.29 is 4.79 Å². The van der Waals surface area contributed by atoms with Crippen molar-refractivity contribution in [2.45, 2.75) is 123 Å². The average Bonchev–Trinajstić information content (AvgIpc) is 3.62. The molecule has 6 rings (SSSR count). The first kappa shape index (κ1) is 27.0. The fourth-order valence-electron chi connectivity index (χ4n) is 9.30. The number of likely N-dealkylation sites (tertiary alicyclic amines) is 1. The first-order valence-electron chi connectivity index (χ1n) is 16.1. The Bertz CT molecular complexity index is 1180. The van der Waals surface area contributed by atoms with Gasteiger partial charge in [-0.1, -0.05) is 46.0 Å². The van der Waals surface area contributed by atoms with Gasteiger partial charge in [0.05, 0.1) is 17.8 Å². The maximum atomic E-state index is 14.5. The molecule has 7 nitrogen and oxygen atoms in total. The minimum absolute atomic E-state index is 0.0178. The summed E-state index contributed by atoms with van der Waals surface area (Å²) in [7, 11) is 0. The lowest BCUT2D eigenvalue weighted by molar-refractivity contribution is -0.154. The lowest BCUT2D eigenvalue weighted by Crippen LogP contribution is -2.64. The predicted molar refractivity (Wildman–Crippen MR) is 157 cm³/mol. The molecule has 2 aromatic heterocycles. The number of anilines is 1. The quantitative estimate of drug-likeness (QED) is 0.478. The van der Waals surface area contributed by atoms with Crippen molar-refractivity contribution in [3.63, 3.8) is 0 Å². The molecule has 7 heteroatoms. The Morgan fingerprint density at radius 1 is 1.05 bits per heavy atom. The highest BCUT2D eigenvalue weighted by atomic mass is 16.2. The zero-order valence-corrected chi connectivity index (χ0v) is 24.6. The average molecular weight is 535 g/mol. The number of aromatic nitrogens is 3. The lowest BCUT2D eigenvalue weighted by atomic mass is 9.44. The van der Waals surface area contributed by atoms with Crippen molar-refractivity contribution in [2.24, 2.45) is 22.5 Å². The summed E-state index contributed by atoms with van der Waals surface area (Å²) in [4.78, 5) is 24.0. The number of piperidine rings is 1. The maximum Gasteiger partial charge on any atom is 0.240 e. The number of rotatable bonds is 6. The third kappa shape index (κ3) is 4.47. The largest absolute Gasteiger partial charge is 0.356 e. The highest BCUT2D eigenvalue weighted by Crippen LogP contribution is 2.63. The van der Waals surface area contributed by atoms with Crippen LogP contribution in [0.25, 0.3) is 5.65 Å². The number of nitrogens with zero attached hydrogens (tertiary/aromatic N) is 5. The van der Waals surface area contributed by atoms with E-state index in [4.69, 9.17) is 15.8 Å². The van der Waals surface area contributed by atoms with Crippen LogP contribution in [0.3, 0.4) is 0 Å². The molecule has 2 aliphatic heterocycles. The van der Waals surface area contributed by atoms with Crippen LogP contribution in [0.4, 0.5) is 5.82 Å². The van der Waals surface area contributed by atoms with Crippen LogP contribution in [0.2, 0.25) is 0 Å². The first-order chi connectivity index (χ1) is 18.9. The van der Waals surface area contributed by atoms with Gasteiger partial charge in [-0.05, 0) is 76.0 Å². The summed E-state index contributed by atoms with van der Waals surface area (Å²) in [6, 6.07) is 1.68. The van der Waals surface area contributed by atoms with E-state index in [0.717, 1.165) is 74.5 Å². The topological polar surface area (TPSA) is 79.8 Å². The van der Waals surface area contributed by atoms with Gasteiger partial charge in [-0.2, -0.15) is 5.10 Å². The van der Waals surface area contributed by atoms with Crippen LogP contribution in [0, 0.1) is 23.7 Å². The van der Waals surface area contributed by atoms with E-state index in [9.17, 15) is 4.79 Å². The molecule has 0 spiro atoms. The van der Waals surface area contributed by atoms with E-state index in [-0.39, 0.29) is 22.8 Å². The Morgan fingerprint density at radius 2 is 1.79 bits per heavy atom. The molecule has 2 saturated carbocycles. The fraction of sp³-hybridized carbons (Fsp3) is 0.781. The van der Waals surface area contributed by atoms with E-state index in [1.165, 1.54) is 57.8 Å². The van der Waals surface area contributed by atoms with Crippen molar-refractivity contribution >= 4 is 17.4 Å². The monoisotopic (exact) mass is 534 g/mol. The Kier molecular flexibility index (Phi) is 7.41. The number of carbonyl (C=O) groups is 1. The van der Waals surface area contributed by atoms with Crippen molar-refractivity contribution in [2.75, 3.05) is 24.5 Å². The molecule has 2 saturated heterocycles. The van der Waals surface area contributed by atoms with Crippen LogP contribution in [0.5, 0.6) is 0 Å². The van der Waals surface area contributed by atoms with Gasteiger partial charge in [0.1, 0.15) is 5.82 Å². The molecule has 214 valence electrons. The molecule has 5 atom stereocenters. The van der Waals surface area contributed by atoms with Crippen molar-refractivity contribution in [3.05, 3.63) is 23.5 Å². The van der Waals surface area contributed by atoms with Crippen molar-refractivity contribution in [1.29, 1.82) is 0 Å². The third-order valence-electron chi connectivity index (χ3n) is 11.4. The maximum absolute atomic E-state index is 14.5. The third-order valence-corrected chi connectivity index (χ3v) is 11.4. The Labute approximate surface area is 234 Å². The zero-order chi connectivity index (χ0) is 27.2. The van der Waals surface area contributed by atoms with E-state index >= 15 is 0 Å². The van der Waals surface area contributed by atoms with Gasteiger partial charge in [0.25, 0.3) is 0 Å². The van der Waals surface area contributed by atoms with E-state index in [2.05, 4.69) is 42.8 Å². The van der Waals surface area contributed by atoms with Gasteiger partial charge < -0.3 is 15.5 Å². The van der Waals surface area contributed by atoms with Gasteiger partial charge in [0.15, 0.2) is 5.65 Å². The molecular weight excluding hydrogens is 484 g/mol. The van der Waals surface area contributed by atoms with Crippen molar-refractivity contribution in [1.82, 2.24) is 19.5 Å². The van der Waals surface area contributed by atoms with Gasteiger partial charge in [-0.3, -0.25) is 4.79 Å². The molecule has 0 radical (unpaired) electrons. The smallest absolute Gasteiger partial charge is 0.240 e. The highest BCUT2D eigenvalue weighted by molar-refractivity contribution is 5.83. The summed E-state index contributed by atoms with van der Waals surface area (Å²) in [6.45, 7) is 9.88. The van der Waals surface area contributed by atoms with Crippen molar-refractivity contribution in [3.8, 4) is 0 Å². The summed E-state index contributed by atoms with van der Waals surface area (Å²) in [6.07, 6.45) is 18.6. The standard InChI is InChI=1S/C32H50N6O/c1-4-12-24-13-11-17-32(16-7-6-15-31(24,32)3)28(33)30(39)37-20-8-5-14-26(37)25-21-27-34-29(36-18-9-10-19-36)23(2)22-38(27)35-25/h21-22,24,26,28H,4-20,33H2,1-3H3. The second kappa shape index (κ2) is 10.7. The Balaban J connectivity index is 1.30. The minimum Gasteiger partial charge on any atom is -0.356 e. The lowest BCUT2D eigenvalue weighted by Gasteiger charge is -2.61. The van der Waals surface area contributed by atoms with Gasteiger partial charge in [0.2, 0.25) is 5.91 Å². The first-order valence-corrected chi connectivity index (χ1v) is 16.1. The van der Waals surface area contributed by atoms with Crippen LogP contribution in [-0.4, -0.2) is 51.1 Å². The second-order valence-electron chi connectivity index (χ2n) is 13.5. The molecule has 4 fully saturated rings. The molecule has 4 heterocycles. The van der Waals surface area contributed by atoms with Gasteiger partial charge >= 0.3 is 0 Å². The van der Waals surface area contributed by atoms with E-state index in [0.29, 0.717) is 5.92 Å². The minimum atomic E-state index is -0.428. The summed E-state index contributed by atoms with van der Waals surface area (Å²) >= 11 is 0. The van der Waals surface area contributed by atoms with Crippen LogP contribution in [0.15, 0.2) is 12.3 Å². The number of aryl methyl sites for hydroxylation is 1. The van der Waals surface area contributed by atoms with Crippen LogP contribution in [-0.2, 0) is 4.79 Å². The van der Waals surface area contributed by atoms with E-state index in [1.807, 2.05) is 4.52 Å². The fourth-order valence-corrected chi connectivity index (χ4v) is 9.30. The number of amides is 1. The molecule has 1 amide bonds. The summed E-state index contributed by atoms with van der Waals surface area (Å²) in [5, 5.41) is 5.00. The molecule has 0 aromatic carbocycles. The van der Waals surface area contributed by atoms with E-state index < -0.39 is 6.04 Å². The Hall–Kier alpha value is -2.15. The SMILES string of the molecule is CCCC1CCCC2(C(N)C(=O)N3CCCCC3c3cc4nc(N5CCCC5)c(C)cn4n3)CCCCC12C. The zero-order valence-electron chi connectivity index (χ0n) is 24.6. The number of carbonyl (C=O) groups excluding carboxylic acids is 1. The number of hydrogen-bond donors (Lipinski definition) is 1. The highest BCUT2D eigenvalue weighted by Gasteiger charge is 2.59. The predicted octanol–water partition coefficient (Wildman–Crippen LogP) is 6.19. The summed E-state index contributed by atoms with van der Waals surface area (Å²) in [5.74, 6) is 1.94. The molecule has 2 aliphatic carbocycles. The number of nitrogens with two attached hydrogens (primary N) is 1. The molecule has 39 heavy (non-hydrogen) atoms.